The lowest BCUT2D eigenvalue weighted by molar-refractivity contribution is -0.118. The van der Waals surface area contributed by atoms with Crippen LogP contribution in [0.3, 0.4) is 0 Å². The van der Waals surface area contributed by atoms with Gasteiger partial charge in [-0.25, -0.2) is 4.98 Å². The molecule has 1 N–H and O–H groups in total. The zero-order valence-corrected chi connectivity index (χ0v) is 9.71. The first-order valence-corrected chi connectivity index (χ1v) is 6.03. The third kappa shape index (κ3) is 1.78. The van der Waals surface area contributed by atoms with Crippen molar-refractivity contribution in [2.24, 2.45) is 5.92 Å². The van der Waals surface area contributed by atoms with E-state index in [0.717, 1.165) is 0 Å². The van der Waals surface area contributed by atoms with E-state index in [1.54, 1.807) is 6.92 Å². The van der Waals surface area contributed by atoms with E-state index in [4.69, 9.17) is 4.74 Å². The van der Waals surface area contributed by atoms with Gasteiger partial charge in [0.2, 0.25) is 11.8 Å². The molecular formula is C9H11N3O3S. The molecular weight excluding hydrogens is 230 g/mol. The second-order valence-electron chi connectivity index (χ2n) is 3.47. The molecule has 1 aromatic heterocycles. The number of hydrogen-bond donors (Lipinski definition) is 1. The lowest BCUT2D eigenvalue weighted by Gasteiger charge is -2.08. The van der Waals surface area contributed by atoms with Crippen LogP contribution in [0.25, 0.3) is 0 Å². The van der Waals surface area contributed by atoms with E-state index in [0.29, 0.717) is 10.7 Å². The molecule has 0 spiro atoms. The molecule has 2 atom stereocenters. The van der Waals surface area contributed by atoms with Crippen LogP contribution in [0.1, 0.15) is 6.92 Å². The highest BCUT2D eigenvalue weighted by Gasteiger charge is 2.28. The van der Waals surface area contributed by atoms with Crippen molar-refractivity contribution in [2.75, 3.05) is 18.2 Å². The number of ether oxygens (including phenoxy) is 1. The van der Waals surface area contributed by atoms with Gasteiger partial charge in [-0.3, -0.25) is 9.00 Å². The molecule has 0 fully saturated rings. The molecule has 1 amide bonds. The zero-order chi connectivity index (χ0) is 11.7. The van der Waals surface area contributed by atoms with Crippen molar-refractivity contribution in [1.82, 2.24) is 9.97 Å². The average Bonchev–Trinajstić information content (AvgIpc) is 2.38. The largest absolute Gasteiger partial charge is 0.479 e. The van der Waals surface area contributed by atoms with Crippen LogP contribution in [0.4, 0.5) is 5.69 Å². The second kappa shape index (κ2) is 4.17. The monoisotopic (exact) mass is 241 g/mol. The summed E-state index contributed by atoms with van der Waals surface area (Å²) in [4.78, 5) is 19.4. The quantitative estimate of drug-likeness (QED) is 0.709. The molecule has 1 aliphatic heterocycles. The van der Waals surface area contributed by atoms with Crippen LogP contribution in [0.5, 0.6) is 5.88 Å². The topological polar surface area (TPSA) is 81.2 Å². The minimum Gasteiger partial charge on any atom is -0.479 e. The van der Waals surface area contributed by atoms with Crippen LogP contribution < -0.4 is 10.1 Å². The summed E-state index contributed by atoms with van der Waals surface area (Å²) in [7, 11) is 0.127. The van der Waals surface area contributed by atoms with Gasteiger partial charge in [0, 0.05) is 11.7 Å². The Hall–Kier alpha value is -1.50. The van der Waals surface area contributed by atoms with Gasteiger partial charge in [-0.15, -0.1) is 0 Å². The molecule has 0 aromatic carbocycles. The van der Waals surface area contributed by atoms with E-state index < -0.39 is 10.8 Å². The van der Waals surface area contributed by atoms with E-state index in [2.05, 4.69) is 15.3 Å². The number of fused-ring (bicyclic) bond motifs is 1. The van der Waals surface area contributed by atoms with Gasteiger partial charge in [0.05, 0.1) is 17.9 Å². The molecule has 16 heavy (non-hydrogen) atoms. The summed E-state index contributed by atoms with van der Waals surface area (Å²) in [5.74, 6) is -0.0142. The Morgan fingerprint density at radius 3 is 3.00 bits per heavy atom. The number of amides is 1. The molecule has 2 unspecified atom stereocenters. The van der Waals surface area contributed by atoms with Gasteiger partial charge in [0.25, 0.3) is 0 Å². The van der Waals surface area contributed by atoms with Crippen LogP contribution in [-0.4, -0.2) is 32.9 Å². The predicted octanol–water partition coefficient (Wildman–Crippen LogP) is 0.181. The number of nitrogens with one attached hydrogen (secondary N) is 1. The summed E-state index contributed by atoms with van der Waals surface area (Å²) in [5, 5.41) is 2.96. The molecule has 0 saturated carbocycles. The summed E-state index contributed by atoms with van der Waals surface area (Å²) in [5.41, 5.74) is 0.317. The van der Waals surface area contributed by atoms with Crippen molar-refractivity contribution in [2.45, 2.75) is 11.9 Å². The fourth-order valence-corrected chi connectivity index (χ4v) is 2.71. The molecule has 1 aliphatic rings. The third-order valence-corrected chi connectivity index (χ3v) is 3.83. The number of anilines is 1. The van der Waals surface area contributed by atoms with Crippen molar-refractivity contribution in [3.8, 4) is 5.88 Å². The maximum absolute atomic E-state index is 11.9. The lowest BCUT2D eigenvalue weighted by atomic mass is 10.2. The Kier molecular flexibility index (Phi) is 2.86. The number of hydrogen-bond acceptors (Lipinski definition) is 5. The lowest BCUT2D eigenvalue weighted by Crippen LogP contribution is -2.21. The number of carbonyl (C=O) groups excluding carboxylic acids is 1. The van der Waals surface area contributed by atoms with Gasteiger partial charge in [-0.2, -0.15) is 4.98 Å². The highest BCUT2D eigenvalue weighted by Crippen LogP contribution is 2.30. The summed E-state index contributed by atoms with van der Waals surface area (Å²) in [6.45, 7) is 1.72. The van der Waals surface area contributed by atoms with E-state index in [1.165, 1.54) is 13.4 Å². The second-order valence-corrected chi connectivity index (χ2v) is 4.88. The Labute approximate surface area is 94.9 Å². The standard InChI is InChI=1S/C9H11N3O3S/c1-5-3-16(14)9-6(12-7(5)13)8(15-2)10-4-11-9/h4-5H,3H2,1-2H3,(H,12,13). The maximum Gasteiger partial charge on any atom is 0.241 e. The summed E-state index contributed by atoms with van der Waals surface area (Å²) >= 11 is 0. The van der Waals surface area contributed by atoms with Crippen molar-refractivity contribution >= 4 is 22.4 Å². The van der Waals surface area contributed by atoms with Gasteiger partial charge < -0.3 is 10.1 Å². The Morgan fingerprint density at radius 2 is 2.31 bits per heavy atom. The van der Waals surface area contributed by atoms with Gasteiger partial charge in [-0.05, 0) is 0 Å². The molecule has 0 radical (unpaired) electrons. The fourth-order valence-electron chi connectivity index (χ4n) is 1.42. The zero-order valence-electron chi connectivity index (χ0n) is 8.89. The summed E-state index contributed by atoms with van der Waals surface area (Å²) in [6, 6.07) is 0. The molecule has 0 bridgehead atoms. The summed E-state index contributed by atoms with van der Waals surface area (Å²) in [6.07, 6.45) is 1.28. The molecule has 7 heteroatoms. The highest BCUT2D eigenvalue weighted by atomic mass is 32.2. The van der Waals surface area contributed by atoms with Gasteiger partial charge in [-0.1, -0.05) is 6.92 Å². The van der Waals surface area contributed by atoms with E-state index in [1.807, 2.05) is 0 Å². The van der Waals surface area contributed by atoms with Crippen molar-refractivity contribution < 1.29 is 13.7 Å². The first kappa shape index (κ1) is 11.0. The number of aromatic nitrogens is 2. The van der Waals surface area contributed by atoms with Gasteiger partial charge in [0.1, 0.15) is 12.0 Å². The van der Waals surface area contributed by atoms with Crippen LogP contribution in [0.15, 0.2) is 11.4 Å². The van der Waals surface area contributed by atoms with Crippen molar-refractivity contribution in [3.05, 3.63) is 6.33 Å². The van der Waals surface area contributed by atoms with Crippen molar-refractivity contribution in [1.29, 1.82) is 0 Å². The molecule has 6 nitrogen and oxygen atoms in total. The third-order valence-electron chi connectivity index (χ3n) is 2.28. The van der Waals surface area contributed by atoms with E-state index in [-0.39, 0.29) is 23.5 Å². The minimum absolute atomic E-state index is 0.194. The number of nitrogens with zero attached hydrogens (tertiary/aromatic N) is 2. The first-order chi connectivity index (χ1) is 7.63. The first-order valence-electron chi connectivity index (χ1n) is 4.71. The average molecular weight is 241 g/mol. The number of carbonyl (C=O) groups is 1. The van der Waals surface area contributed by atoms with Crippen LogP contribution in [-0.2, 0) is 15.6 Å². The number of methoxy groups -OCH3 is 1. The SMILES string of the molecule is COc1ncnc2c1NC(=O)C(C)CS2=O. The molecule has 2 heterocycles. The minimum atomic E-state index is -1.31. The van der Waals surface area contributed by atoms with Crippen molar-refractivity contribution in [3.63, 3.8) is 0 Å². The van der Waals surface area contributed by atoms with Gasteiger partial charge >= 0.3 is 0 Å². The summed E-state index contributed by atoms with van der Waals surface area (Å²) < 4.78 is 16.9. The molecule has 86 valence electrons. The van der Waals surface area contributed by atoms with Crippen LogP contribution >= 0.6 is 0 Å². The molecule has 2 rings (SSSR count). The molecule has 0 aliphatic carbocycles. The molecule has 0 saturated heterocycles. The van der Waals surface area contributed by atoms with Crippen LogP contribution in [0, 0.1) is 5.92 Å². The highest BCUT2D eigenvalue weighted by molar-refractivity contribution is 7.85. The normalized spacial score (nSPS) is 24.2. The maximum atomic E-state index is 11.9. The fraction of sp³-hybridized carbons (Fsp3) is 0.444. The smallest absolute Gasteiger partial charge is 0.241 e. The Morgan fingerprint density at radius 1 is 1.56 bits per heavy atom. The van der Waals surface area contributed by atoms with E-state index in [9.17, 15) is 9.00 Å². The van der Waals surface area contributed by atoms with Crippen LogP contribution in [0.2, 0.25) is 0 Å². The Bertz CT molecular complexity index is 463. The molecule has 1 aromatic rings. The number of rotatable bonds is 1. The van der Waals surface area contributed by atoms with E-state index >= 15 is 0 Å². The predicted molar refractivity (Wildman–Crippen MR) is 57.7 cm³/mol. The van der Waals surface area contributed by atoms with Gasteiger partial charge in [0.15, 0.2) is 5.03 Å². The Balaban J connectivity index is 2.55.